The van der Waals surface area contributed by atoms with Gasteiger partial charge in [-0.15, -0.1) is 0 Å². The molecule has 0 radical (unpaired) electrons. The number of β-amino-alcohol motifs (C(OH)–C–C–N with tert-alkyl or cyclic N) is 1. The first kappa shape index (κ1) is 15.0. The molecule has 0 amide bonds. The molecule has 1 aromatic heterocycles. The molecular formula is C20H20N2O2. The van der Waals surface area contributed by atoms with Crippen molar-refractivity contribution >= 4 is 16.6 Å². The van der Waals surface area contributed by atoms with Crippen LogP contribution in [0.15, 0.2) is 54.6 Å². The van der Waals surface area contributed by atoms with Crippen LogP contribution >= 0.6 is 0 Å². The molecule has 3 aromatic rings. The van der Waals surface area contributed by atoms with Crippen molar-refractivity contribution in [3.8, 4) is 17.0 Å². The molecule has 1 aliphatic heterocycles. The van der Waals surface area contributed by atoms with Crippen molar-refractivity contribution in [2.75, 3.05) is 25.1 Å². The number of fused-ring (bicyclic) bond motifs is 1. The molecule has 0 saturated carbocycles. The maximum Gasteiger partial charge on any atom is 0.118 e. The Labute approximate surface area is 141 Å². The number of ether oxygens (including phenoxy) is 1. The van der Waals surface area contributed by atoms with Crippen LogP contribution in [0.25, 0.3) is 22.2 Å². The van der Waals surface area contributed by atoms with E-state index in [0.29, 0.717) is 6.54 Å². The normalized spacial score (nSPS) is 17.4. The van der Waals surface area contributed by atoms with Crippen molar-refractivity contribution < 1.29 is 9.84 Å². The summed E-state index contributed by atoms with van der Waals surface area (Å²) in [5.41, 5.74) is 4.11. The number of hydrogen-bond donors (Lipinski definition) is 1. The second-order valence-electron chi connectivity index (χ2n) is 6.16. The minimum Gasteiger partial charge on any atom is -0.497 e. The Morgan fingerprint density at radius 3 is 2.62 bits per heavy atom. The summed E-state index contributed by atoms with van der Waals surface area (Å²) in [6.45, 7) is 1.55. The van der Waals surface area contributed by atoms with Gasteiger partial charge in [-0.25, -0.2) is 4.98 Å². The van der Waals surface area contributed by atoms with Crippen molar-refractivity contribution in [1.82, 2.24) is 4.98 Å². The van der Waals surface area contributed by atoms with E-state index in [2.05, 4.69) is 17.0 Å². The molecule has 4 rings (SSSR count). The van der Waals surface area contributed by atoms with Crippen molar-refractivity contribution in [3.63, 3.8) is 0 Å². The van der Waals surface area contributed by atoms with E-state index in [1.54, 1.807) is 7.11 Å². The van der Waals surface area contributed by atoms with Gasteiger partial charge in [0.05, 0.1) is 24.4 Å². The predicted octanol–water partition coefficient (Wildman–Crippen LogP) is 3.48. The number of benzene rings is 2. The zero-order chi connectivity index (χ0) is 16.5. The number of rotatable bonds is 3. The first-order valence-electron chi connectivity index (χ1n) is 8.22. The predicted molar refractivity (Wildman–Crippen MR) is 96.6 cm³/mol. The first-order valence-corrected chi connectivity index (χ1v) is 8.22. The Hall–Kier alpha value is -2.59. The van der Waals surface area contributed by atoms with E-state index in [-0.39, 0.29) is 6.10 Å². The number of hydrogen-bond acceptors (Lipinski definition) is 4. The SMILES string of the molecule is COc1ccc(-c2cc(N3CCC(O)C3)c3ccccc3n2)cc1. The third kappa shape index (κ3) is 2.69. The highest BCUT2D eigenvalue weighted by molar-refractivity contribution is 5.94. The fraction of sp³-hybridized carbons (Fsp3) is 0.250. The molecule has 1 saturated heterocycles. The molecule has 1 unspecified atom stereocenters. The molecule has 0 spiro atoms. The fourth-order valence-corrected chi connectivity index (χ4v) is 3.29. The van der Waals surface area contributed by atoms with Gasteiger partial charge >= 0.3 is 0 Å². The lowest BCUT2D eigenvalue weighted by atomic mass is 10.1. The molecule has 0 aliphatic carbocycles. The van der Waals surface area contributed by atoms with Gasteiger partial charge < -0.3 is 14.7 Å². The highest BCUT2D eigenvalue weighted by Crippen LogP contribution is 2.33. The van der Waals surface area contributed by atoms with Crippen molar-refractivity contribution in [2.24, 2.45) is 0 Å². The molecule has 24 heavy (non-hydrogen) atoms. The number of aliphatic hydroxyl groups is 1. The maximum absolute atomic E-state index is 9.91. The lowest BCUT2D eigenvalue weighted by Gasteiger charge is -2.21. The van der Waals surface area contributed by atoms with E-state index in [0.717, 1.165) is 46.6 Å². The first-order chi connectivity index (χ1) is 11.7. The van der Waals surface area contributed by atoms with Crippen LogP contribution in [0.2, 0.25) is 0 Å². The number of pyridine rings is 1. The molecule has 2 aromatic carbocycles. The van der Waals surface area contributed by atoms with Gasteiger partial charge in [0.2, 0.25) is 0 Å². The summed E-state index contributed by atoms with van der Waals surface area (Å²) in [6.07, 6.45) is 0.565. The van der Waals surface area contributed by atoms with Gasteiger partial charge in [-0.1, -0.05) is 18.2 Å². The van der Waals surface area contributed by atoms with Gasteiger partial charge in [-0.2, -0.15) is 0 Å². The van der Waals surface area contributed by atoms with Gasteiger partial charge in [-0.3, -0.25) is 0 Å². The average molecular weight is 320 g/mol. The van der Waals surface area contributed by atoms with Gasteiger partial charge in [-0.05, 0) is 42.8 Å². The summed E-state index contributed by atoms with van der Waals surface area (Å²) in [6, 6.07) is 18.3. The Kier molecular flexibility index (Phi) is 3.82. The summed E-state index contributed by atoms with van der Waals surface area (Å²) in [5, 5.41) is 11.0. The lowest BCUT2D eigenvalue weighted by Crippen LogP contribution is -2.21. The summed E-state index contributed by atoms with van der Waals surface area (Å²) in [7, 11) is 1.67. The Morgan fingerprint density at radius 2 is 1.92 bits per heavy atom. The highest BCUT2D eigenvalue weighted by Gasteiger charge is 2.22. The second kappa shape index (κ2) is 6.13. The average Bonchev–Trinajstić information content (AvgIpc) is 3.07. The summed E-state index contributed by atoms with van der Waals surface area (Å²) < 4.78 is 5.24. The number of para-hydroxylation sites is 1. The monoisotopic (exact) mass is 320 g/mol. The molecule has 2 heterocycles. The van der Waals surface area contributed by atoms with Crippen LogP contribution in [-0.2, 0) is 0 Å². The van der Waals surface area contributed by atoms with E-state index in [1.165, 1.54) is 0 Å². The smallest absolute Gasteiger partial charge is 0.118 e. The van der Waals surface area contributed by atoms with Crippen molar-refractivity contribution in [3.05, 3.63) is 54.6 Å². The summed E-state index contributed by atoms with van der Waals surface area (Å²) >= 11 is 0. The van der Waals surface area contributed by atoms with Crippen LogP contribution in [0.5, 0.6) is 5.75 Å². The van der Waals surface area contributed by atoms with E-state index < -0.39 is 0 Å². The minimum absolute atomic E-state index is 0.249. The zero-order valence-electron chi connectivity index (χ0n) is 13.6. The molecule has 4 nitrogen and oxygen atoms in total. The molecule has 4 heteroatoms. The zero-order valence-corrected chi connectivity index (χ0v) is 13.6. The summed E-state index contributed by atoms with van der Waals surface area (Å²) in [5.74, 6) is 0.836. The fourth-order valence-electron chi connectivity index (χ4n) is 3.29. The molecule has 1 fully saturated rings. The number of nitrogens with zero attached hydrogens (tertiary/aromatic N) is 2. The van der Waals surface area contributed by atoms with Crippen LogP contribution < -0.4 is 9.64 Å². The van der Waals surface area contributed by atoms with Crippen molar-refractivity contribution in [2.45, 2.75) is 12.5 Å². The largest absolute Gasteiger partial charge is 0.497 e. The third-order valence-electron chi connectivity index (χ3n) is 4.58. The molecular weight excluding hydrogens is 300 g/mol. The highest BCUT2D eigenvalue weighted by atomic mass is 16.5. The number of methoxy groups -OCH3 is 1. The van der Waals surface area contributed by atoms with Crippen molar-refractivity contribution in [1.29, 1.82) is 0 Å². The molecule has 1 N–H and O–H groups in total. The van der Waals surface area contributed by atoms with Crippen LogP contribution in [0.1, 0.15) is 6.42 Å². The standard InChI is InChI=1S/C20H20N2O2/c1-24-16-8-6-14(7-9-16)19-12-20(22-11-10-15(23)13-22)17-4-2-3-5-18(17)21-19/h2-9,12,15,23H,10-11,13H2,1H3. The van der Waals surface area contributed by atoms with E-state index >= 15 is 0 Å². The molecule has 122 valence electrons. The van der Waals surface area contributed by atoms with Crippen LogP contribution in [-0.4, -0.2) is 36.4 Å². The van der Waals surface area contributed by atoms with Crippen LogP contribution in [0.4, 0.5) is 5.69 Å². The van der Waals surface area contributed by atoms with Crippen LogP contribution in [0, 0.1) is 0 Å². The Bertz CT molecular complexity index is 861. The van der Waals surface area contributed by atoms with Gasteiger partial charge in [0.25, 0.3) is 0 Å². The lowest BCUT2D eigenvalue weighted by molar-refractivity contribution is 0.198. The van der Waals surface area contributed by atoms with E-state index in [1.807, 2.05) is 42.5 Å². The topological polar surface area (TPSA) is 45.6 Å². The molecule has 0 bridgehead atoms. The number of aliphatic hydroxyl groups excluding tert-OH is 1. The Balaban J connectivity index is 1.84. The number of aromatic nitrogens is 1. The minimum atomic E-state index is -0.249. The van der Waals surface area contributed by atoms with E-state index in [4.69, 9.17) is 9.72 Å². The quantitative estimate of drug-likeness (QED) is 0.802. The van der Waals surface area contributed by atoms with Crippen LogP contribution in [0.3, 0.4) is 0 Å². The van der Waals surface area contributed by atoms with Gasteiger partial charge in [0, 0.05) is 29.7 Å². The van der Waals surface area contributed by atoms with Gasteiger partial charge in [0.15, 0.2) is 0 Å². The van der Waals surface area contributed by atoms with E-state index in [9.17, 15) is 5.11 Å². The Morgan fingerprint density at radius 1 is 1.12 bits per heavy atom. The number of anilines is 1. The maximum atomic E-state index is 9.91. The summed E-state index contributed by atoms with van der Waals surface area (Å²) in [4.78, 5) is 7.07. The second-order valence-corrected chi connectivity index (χ2v) is 6.16. The molecule has 1 atom stereocenters. The third-order valence-corrected chi connectivity index (χ3v) is 4.58. The van der Waals surface area contributed by atoms with Gasteiger partial charge in [0.1, 0.15) is 5.75 Å². The molecule has 1 aliphatic rings.